The van der Waals surface area contributed by atoms with Gasteiger partial charge in [-0.3, -0.25) is 4.79 Å². The van der Waals surface area contributed by atoms with Gasteiger partial charge in [0.05, 0.1) is 23.9 Å². The Balaban J connectivity index is 2.29. The Morgan fingerprint density at radius 1 is 1.41 bits per heavy atom. The van der Waals surface area contributed by atoms with Gasteiger partial charge in [0.25, 0.3) is 0 Å². The summed E-state index contributed by atoms with van der Waals surface area (Å²) in [5.41, 5.74) is 2.68. The predicted octanol–water partition coefficient (Wildman–Crippen LogP) is 1.85. The van der Waals surface area contributed by atoms with Crippen LogP contribution in [0.25, 0.3) is 11.0 Å². The van der Waals surface area contributed by atoms with Crippen molar-refractivity contribution in [3.8, 4) is 0 Å². The van der Waals surface area contributed by atoms with Gasteiger partial charge in [-0.25, -0.2) is 4.98 Å². The van der Waals surface area contributed by atoms with E-state index < -0.39 is 0 Å². The Morgan fingerprint density at radius 3 is 2.94 bits per heavy atom. The second kappa shape index (κ2) is 5.10. The first-order chi connectivity index (χ1) is 8.26. The van der Waals surface area contributed by atoms with Gasteiger partial charge in [-0.2, -0.15) is 0 Å². The van der Waals surface area contributed by atoms with E-state index in [1.54, 1.807) is 0 Å². The third-order valence-corrected chi connectivity index (χ3v) is 2.82. The van der Waals surface area contributed by atoms with Crippen LogP contribution < -0.4 is 5.32 Å². The van der Waals surface area contributed by atoms with E-state index in [-0.39, 0.29) is 5.78 Å². The number of carbonyl (C=O) groups is 1. The van der Waals surface area contributed by atoms with Gasteiger partial charge < -0.3 is 9.88 Å². The highest BCUT2D eigenvalue weighted by Gasteiger charge is 2.08. The number of Topliss-reactive ketones (excluding diaryl/α,β-unsaturated/α-hetero) is 1. The maximum atomic E-state index is 11.8. The number of hydrogen-bond donors (Lipinski definition) is 1. The normalized spacial score (nSPS) is 10.9. The fraction of sp³-hybridized carbons (Fsp3) is 0.385. The number of ketones is 1. The molecule has 0 saturated heterocycles. The number of aromatic nitrogens is 2. The van der Waals surface area contributed by atoms with Gasteiger partial charge in [-0.15, -0.1) is 0 Å². The van der Waals surface area contributed by atoms with Crippen LogP contribution in [0.5, 0.6) is 0 Å². The molecule has 90 valence electrons. The van der Waals surface area contributed by atoms with Gasteiger partial charge in [0.2, 0.25) is 0 Å². The average Bonchev–Trinajstić information content (AvgIpc) is 2.77. The first-order valence-corrected chi connectivity index (χ1v) is 5.95. The number of likely N-dealkylation sites (N-methyl/N-ethyl adjacent to an activating group) is 1. The van der Waals surface area contributed by atoms with E-state index in [1.165, 1.54) is 0 Å². The van der Waals surface area contributed by atoms with Gasteiger partial charge in [0, 0.05) is 12.1 Å². The van der Waals surface area contributed by atoms with Crippen LogP contribution in [-0.4, -0.2) is 28.4 Å². The molecule has 0 aliphatic rings. The fourth-order valence-corrected chi connectivity index (χ4v) is 1.83. The maximum absolute atomic E-state index is 11.8. The molecule has 0 atom stereocenters. The van der Waals surface area contributed by atoms with Crippen LogP contribution in [0, 0.1) is 0 Å². The molecule has 4 nitrogen and oxygen atoms in total. The molecule has 1 aromatic heterocycles. The van der Waals surface area contributed by atoms with E-state index in [4.69, 9.17) is 0 Å². The minimum absolute atomic E-state index is 0.111. The van der Waals surface area contributed by atoms with Crippen LogP contribution in [0.15, 0.2) is 24.5 Å². The smallest absolute Gasteiger partial charge is 0.176 e. The summed E-state index contributed by atoms with van der Waals surface area (Å²) in [6.07, 6.45) is 1.81. The Hall–Kier alpha value is -1.68. The van der Waals surface area contributed by atoms with Crippen molar-refractivity contribution in [2.75, 3.05) is 13.1 Å². The number of nitrogens with zero attached hydrogens (tertiary/aromatic N) is 2. The van der Waals surface area contributed by atoms with Crippen LogP contribution in [0.1, 0.15) is 24.2 Å². The SMILES string of the molecule is CCNCC(=O)c1ccc2c(c1)ncn2CC. The Bertz CT molecular complexity index is 530. The van der Waals surface area contributed by atoms with Crippen molar-refractivity contribution in [3.05, 3.63) is 30.1 Å². The van der Waals surface area contributed by atoms with E-state index in [0.29, 0.717) is 6.54 Å². The van der Waals surface area contributed by atoms with Gasteiger partial charge in [0.15, 0.2) is 5.78 Å². The minimum atomic E-state index is 0.111. The van der Waals surface area contributed by atoms with E-state index in [2.05, 4.69) is 21.8 Å². The molecule has 0 unspecified atom stereocenters. The standard InChI is InChI=1S/C13H17N3O/c1-3-14-8-13(17)10-5-6-12-11(7-10)15-9-16(12)4-2/h5-7,9,14H,3-4,8H2,1-2H3. The lowest BCUT2D eigenvalue weighted by Gasteiger charge is -2.02. The van der Waals surface area contributed by atoms with Gasteiger partial charge in [-0.1, -0.05) is 6.92 Å². The quantitative estimate of drug-likeness (QED) is 0.799. The molecule has 0 aliphatic carbocycles. The molecule has 0 saturated carbocycles. The van der Waals surface area contributed by atoms with E-state index in [9.17, 15) is 4.79 Å². The van der Waals surface area contributed by atoms with Crippen molar-refractivity contribution in [1.29, 1.82) is 0 Å². The summed E-state index contributed by atoms with van der Waals surface area (Å²) in [5, 5.41) is 3.04. The second-order valence-electron chi connectivity index (χ2n) is 3.94. The number of benzene rings is 1. The lowest BCUT2D eigenvalue weighted by Crippen LogP contribution is -2.22. The zero-order valence-corrected chi connectivity index (χ0v) is 10.2. The zero-order chi connectivity index (χ0) is 12.3. The third kappa shape index (κ3) is 2.36. The lowest BCUT2D eigenvalue weighted by atomic mass is 10.1. The molecule has 2 aromatic rings. The highest BCUT2D eigenvalue weighted by Crippen LogP contribution is 2.15. The fourth-order valence-electron chi connectivity index (χ4n) is 1.83. The van der Waals surface area contributed by atoms with Crippen LogP contribution in [0.2, 0.25) is 0 Å². The highest BCUT2D eigenvalue weighted by molar-refractivity contribution is 6.00. The zero-order valence-electron chi connectivity index (χ0n) is 10.2. The van der Waals surface area contributed by atoms with E-state index in [0.717, 1.165) is 29.7 Å². The molecule has 4 heteroatoms. The Labute approximate surface area is 101 Å². The number of nitrogens with one attached hydrogen (secondary N) is 1. The van der Waals surface area contributed by atoms with Gasteiger partial charge in [-0.05, 0) is 31.7 Å². The van der Waals surface area contributed by atoms with Crippen molar-refractivity contribution in [3.63, 3.8) is 0 Å². The summed E-state index contributed by atoms with van der Waals surface area (Å²) >= 11 is 0. The Morgan fingerprint density at radius 2 is 2.24 bits per heavy atom. The van der Waals surface area contributed by atoms with Crippen molar-refractivity contribution < 1.29 is 4.79 Å². The van der Waals surface area contributed by atoms with Crippen molar-refractivity contribution >= 4 is 16.8 Å². The number of carbonyl (C=O) groups excluding carboxylic acids is 1. The van der Waals surface area contributed by atoms with Crippen molar-refractivity contribution in [1.82, 2.24) is 14.9 Å². The van der Waals surface area contributed by atoms with Crippen LogP contribution in [-0.2, 0) is 6.54 Å². The molecule has 2 rings (SSSR count). The molecule has 0 amide bonds. The monoisotopic (exact) mass is 231 g/mol. The number of rotatable bonds is 5. The molecule has 1 N–H and O–H groups in total. The third-order valence-electron chi connectivity index (χ3n) is 2.82. The highest BCUT2D eigenvalue weighted by atomic mass is 16.1. The summed E-state index contributed by atoms with van der Waals surface area (Å²) in [7, 11) is 0. The number of fused-ring (bicyclic) bond motifs is 1. The minimum Gasteiger partial charge on any atom is -0.331 e. The van der Waals surface area contributed by atoms with Gasteiger partial charge in [0.1, 0.15) is 0 Å². The molecular weight excluding hydrogens is 214 g/mol. The largest absolute Gasteiger partial charge is 0.331 e. The van der Waals surface area contributed by atoms with Gasteiger partial charge >= 0.3 is 0 Å². The first-order valence-electron chi connectivity index (χ1n) is 5.95. The molecule has 0 aliphatic heterocycles. The molecule has 0 bridgehead atoms. The number of hydrogen-bond acceptors (Lipinski definition) is 3. The summed E-state index contributed by atoms with van der Waals surface area (Å²) in [6, 6.07) is 5.70. The van der Waals surface area contributed by atoms with Crippen LogP contribution in [0.4, 0.5) is 0 Å². The van der Waals surface area contributed by atoms with Crippen molar-refractivity contribution in [2.45, 2.75) is 20.4 Å². The molecule has 0 fully saturated rings. The van der Waals surface area contributed by atoms with Crippen LogP contribution in [0.3, 0.4) is 0 Å². The predicted molar refractivity (Wildman–Crippen MR) is 68.3 cm³/mol. The molecule has 1 heterocycles. The topological polar surface area (TPSA) is 46.9 Å². The Kier molecular flexibility index (Phi) is 3.54. The van der Waals surface area contributed by atoms with Crippen LogP contribution >= 0.6 is 0 Å². The molecular formula is C13H17N3O. The lowest BCUT2D eigenvalue weighted by molar-refractivity contribution is 0.0992. The molecule has 17 heavy (non-hydrogen) atoms. The van der Waals surface area contributed by atoms with Crippen molar-refractivity contribution in [2.24, 2.45) is 0 Å². The number of aryl methyl sites for hydroxylation is 1. The average molecular weight is 231 g/mol. The molecule has 0 spiro atoms. The molecule has 0 radical (unpaired) electrons. The summed E-state index contributed by atoms with van der Waals surface area (Å²) in [5.74, 6) is 0.111. The van der Waals surface area contributed by atoms with E-state index >= 15 is 0 Å². The number of imidazole rings is 1. The summed E-state index contributed by atoms with van der Waals surface area (Å²) < 4.78 is 2.06. The first kappa shape index (κ1) is 11.8. The molecule has 1 aromatic carbocycles. The van der Waals surface area contributed by atoms with E-state index in [1.807, 2.05) is 31.5 Å². The maximum Gasteiger partial charge on any atom is 0.176 e. The summed E-state index contributed by atoms with van der Waals surface area (Å²) in [4.78, 5) is 16.1. The second-order valence-corrected chi connectivity index (χ2v) is 3.94. The summed E-state index contributed by atoms with van der Waals surface area (Å²) in [6.45, 7) is 6.14.